The molecular weight excluding hydrogens is 291 g/mol. The monoisotopic (exact) mass is 316 g/mol. The van der Waals surface area contributed by atoms with E-state index in [1.807, 2.05) is 18.5 Å². The second kappa shape index (κ2) is 7.23. The Bertz CT molecular complexity index is 631. The molecule has 0 bridgehead atoms. The van der Waals surface area contributed by atoms with Gasteiger partial charge in [-0.05, 0) is 31.5 Å². The Morgan fingerprint density at radius 3 is 2.70 bits per heavy atom. The van der Waals surface area contributed by atoms with Gasteiger partial charge in [-0.2, -0.15) is 0 Å². The van der Waals surface area contributed by atoms with Crippen LogP contribution in [0.2, 0.25) is 0 Å². The van der Waals surface area contributed by atoms with Gasteiger partial charge in [0.05, 0.1) is 6.54 Å². The highest BCUT2D eigenvalue weighted by atomic mass is 19.1. The van der Waals surface area contributed by atoms with E-state index in [1.54, 1.807) is 12.1 Å². The molecule has 5 heteroatoms. The van der Waals surface area contributed by atoms with E-state index in [0.717, 1.165) is 50.7 Å². The fourth-order valence-corrected chi connectivity index (χ4v) is 3.27. The third kappa shape index (κ3) is 3.79. The van der Waals surface area contributed by atoms with Crippen molar-refractivity contribution in [3.8, 4) is 0 Å². The number of piperazine rings is 1. The molecule has 0 N–H and O–H groups in total. The van der Waals surface area contributed by atoms with Crippen molar-refractivity contribution >= 4 is 0 Å². The predicted octanol–water partition coefficient (Wildman–Crippen LogP) is 2.92. The molecule has 1 aromatic carbocycles. The number of imidazole rings is 1. The SMILES string of the molecule is CCn1ccnc1CN1CCN([C@H](C)c2cccc(F)c2)CC1. The van der Waals surface area contributed by atoms with E-state index in [-0.39, 0.29) is 11.9 Å². The Morgan fingerprint density at radius 1 is 1.22 bits per heavy atom. The van der Waals surface area contributed by atoms with Crippen molar-refractivity contribution in [1.29, 1.82) is 0 Å². The Balaban J connectivity index is 1.56. The van der Waals surface area contributed by atoms with Crippen molar-refractivity contribution in [3.05, 3.63) is 53.9 Å². The molecule has 124 valence electrons. The van der Waals surface area contributed by atoms with E-state index in [0.29, 0.717) is 0 Å². The number of halogens is 1. The fourth-order valence-electron chi connectivity index (χ4n) is 3.27. The number of hydrogen-bond acceptors (Lipinski definition) is 3. The lowest BCUT2D eigenvalue weighted by Crippen LogP contribution is -2.46. The van der Waals surface area contributed by atoms with Gasteiger partial charge in [0.25, 0.3) is 0 Å². The van der Waals surface area contributed by atoms with Crippen molar-refractivity contribution in [2.24, 2.45) is 0 Å². The predicted molar refractivity (Wildman–Crippen MR) is 89.6 cm³/mol. The van der Waals surface area contributed by atoms with Crippen LogP contribution in [0.1, 0.15) is 31.3 Å². The Kier molecular flexibility index (Phi) is 5.08. The maximum atomic E-state index is 13.4. The Hall–Kier alpha value is -1.72. The van der Waals surface area contributed by atoms with Gasteiger partial charge in [0.15, 0.2) is 0 Å². The van der Waals surface area contributed by atoms with E-state index in [1.165, 1.54) is 6.07 Å². The molecule has 23 heavy (non-hydrogen) atoms. The summed E-state index contributed by atoms with van der Waals surface area (Å²) in [7, 11) is 0. The van der Waals surface area contributed by atoms with Crippen molar-refractivity contribution < 1.29 is 4.39 Å². The van der Waals surface area contributed by atoms with Crippen molar-refractivity contribution in [2.75, 3.05) is 26.2 Å². The van der Waals surface area contributed by atoms with E-state index >= 15 is 0 Å². The maximum absolute atomic E-state index is 13.4. The minimum atomic E-state index is -0.153. The molecule has 2 aromatic rings. The summed E-state index contributed by atoms with van der Waals surface area (Å²) in [6.07, 6.45) is 3.92. The molecule has 1 atom stereocenters. The topological polar surface area (TPSA) is 24.3 Å². The standard InChI is InChI=1S/C18H25FN4/c1-3-22-8-7-20-18(22)14-21-9-11-23(12-10-21)15(2)16-5-4-6-17(19)13-16/h4-8,13,15H,3,9-12,14H2,1-2H3/t15-/m1/s1. The Morgan fingerprint density at radius 2 is 2.00 bits per heavy atom. The third-order valence-electron chi connectivity index (χ3n) is 4.79. The van der Waals surface area contributed by atoms with E-state index < -0.39 is 0 Å². The van der Waals surface area contributed by atoms with Crippen molar-refractivity contribution in [3.63, 3.8) is 0 Å². The summed E-state index contributed by atoms with van der Waals surface area (Å²) < 4.78 is 15.6. The van der Waals surface area contributed by atoms with Gasteiger partial charge in [0.2, 0.25) is 0 Å². The molecule has 2 heterocycles. The molecule has 0 saturated carbocycles. The lowest BCUT2D eigenvalue weighted by atomic mass is 10.1. The van der Waals surface area contributed by atoms with Gasteiger partial charge in [-0.25, -0.2) is 9.37 Å². The zero-order valence-corrected chi connectivity index (χ0v) is 14.0. The van der Waals surface area contributed by atoms with Gasteiger partial charge in [0, 0.05) is 51.2 Å². The van der Waals surface area contributed by atoms with Gasteiger partial charge in [-0.15, -0.1) is 0 Å². The summed E-state index contributed by atoms with van der Waals surface area (Å²) >= 11 is 0. The molecule has 0 radical (unpaired) electrons. The highest BCUT2D eigenvalue weighted by molar-refractivity contribution is 5.19. The summed E-state index contributed by atoms with van der Waals surface area (Å²) in [6.45, 7) is 10.2. The summed E-state index contributed by atoms with van der Waals surface area (Å²) in [5, 5.41) is 0. The fraction of sp³-hybridized carbons (Fsp3) is 0.500. The Labute approximate surface area is 137 Å². The molecule has 1 fully saturated rings. The average Bonchev–Trinajstić information content (AvgIpc) is 3.02. The number of benzene rings is 1. The molecule has 4 nitrogen and oxygen atoms in total. The van der Waals surface area contributed by atoms with Gasteiger partial charge >= 0.3 is 0 Å². The van der Waals surface area contributed by atoms with Crippen LogP contribution in [0.15, 0.2) is 36.7 Å². The van der Waals surface area contributed by atoms with Crippen LogP contribution in [0, 0.1) is 5.82 Å². The van der Waals surface area contributed by atoms with Crippen molar-refractivity contribution in [1.82, 2.24) is 19.4 Å². The number of aryl methyl sites for hydroxylation is 1. The van der Waals surface area contributed by atoms with Gasteiger partial charge in [-0.3, -0.25) is 9.80 Å². The van der Waals surface area contributed by atoms with Gasteiger partial charge < -0.3 is 4.57 Å². The van der Waals surface area contributed by atoms with Crippen LogP contribution < -0.4 is 0 Å². The number of rotatable bonds is 5. The number of hydrogen-bond donors (Lipinski definition) is 0. The van der Waals surface area contributed by atoms with Crippen LogP contribution in [-0.4, -0.2) is 45.5 Å². The minimum Gasteiger partial charge on any atom is -0.334 e. The highest BCUT2D eigenvalue weighted by Gasteiger charge is 2.23. The zero-order valence-electron chi connectivity index (χ0n) is 14.0. The lowest BCUT2D eigenvalue weighted by molar-refractivity contribution is 0.0954. The quantitative estimate of drug-likeness (QED) is 0.848. The molecule has 0 unspecified atom stereocenters. The smallest absolute Gasteiger partial charge is 0.123 e. The van der Waals surface area contributed by atoms with Crippen LogP contribution >= 0.6 is 0 Å². The van der Waals surface area contributed by atoms with Crippen LogP contribution in [0.25, 0.3) is 0 Å². The molecule has 1 aromatic heterocycles. The highest BCUT2D eigenvalue weighted by Crippen LogP contribution is 2.22. The largest absolute Gasteiger partial charge is 0.334 e. The first-order chi connectivity index (χ1) is 11.2. The summed E-state index contributed by atoms with van der Waals surface area (Å²) in [5.74, 6) is 0.985. The van der Waals surface area contributed by atoms with E-state index in [2.05, 4.69) is 33.2 Å². The number of aromatic nitrogens is 2. The van der Waals surface area contributed by atoms with Crippen LogP contribution in [-0.2, 0) is 13.1 Å². The van der Waals surface area contributed by atoms with E-state index in [9.17, 15) is 4.39 Å². The molecular formula is C18H25FN4. The minimum absolute atomic E-state index is 0.153. The van der Waals surface area contributed by atoms with Crippen LogP contribution in [0.5, 0.6) is 0 Å². The molecule has 1 aliphatic heterocycles. The normalized spacial score (nSPS) is 18.2. The van der Waals surface area contributed by atoms with E-state index in [4.69, 9.17) is 0 Å². The molecule has 0 aliphatic carbocycles. The lowest BCUT2D eigenvalue weighted by Gasteiger charge is -2.38. The van der Waals surface area contributed by atoms with Gasteiger partial charge in [-0.1, -0.05) is 12.1 Å². The first-order valence-corrected chi connectivity index (χ1v) is 8.39. The molecule has 3 rings (SSSR count). The number of nitrogens with zero attached hydrogens (tertiary/aromatic N) is 4. The van der Waals surface area contributed by atoms with Gasteiger partial charge in [0.1, 0.15) is 11.6 Å². The molecule has 1 saturated heterocycles. The van der Waals surface area contributed by atoms with Crippen LogP contribution in [0.3, 0.4) is 0 Å². The average molecular weight is 316 g/mol. The maximum Gasteiger partial charge on any atom is 0.123 e. The third-order valence-corrected chi connectivity index (χ3v) is 4.79. The second-order valence-electron chi connectivity index (χ2n) is 6.17. The summed E-state index contributed by atoms with van der Waals surface area (Å²) in [6, 6.07) is 7.21. The second-order valence-corrected chi connectivity index (χ2v) is 6.17. The first kappa shape index (κ1) is 16.1. The molecule has 0 amide bonds. The van der Waals surface area contributed by atoms with Crippen LogP contribution in [0.4, 0.5) is 4.39 Å². The van der Waals surface area contributed by atoms with Crippen molar-refractivity contribution in [2.45, 2.75) is 33.0 Å². The molecule has 0 spiro atoms. The molecule has 1 aliphatic rings. The zero-order chi connectivity index (χ0) is 16.2. The first-order valence-electron chi connectivity index (χ1n) is 8.39. The summed E-state index contributed by atoms with van der Waals surface area (Å²) in [4.78, 5) is 9.33. The summed E-state index contributed by atoms with van der Waals surface area (Å²) in [5.41, 5.74) is 1.06.